The quantitative estimate of drug-likeness (QED) is 0.620. The smallest absolute Gasteiger partial charge is 0.346 e. The van der Waals surface area contributed by atoms with Crippen LogP contribution in [-0.4, -0.2) is 26.8 Å². The Morgan fingerprint density at radius 3 is 2.55 bits per heavy atom. The van der Waals surface area contributed by atoms with Crippen LogP contribution in [0.5, 0.6) is 0 Å². The molecule has 1 aromatic heterocycles. The molecule has 0 unspecified atom stereocenters. The summed E-state index contributed by atoms with van der Waals surface area (Å²) in [5.41, 5.74) is 1.58. The standard InChI is InChI=1S/C21H20Cl2N4O2/c22-16-6-4-15(5-7-16)20-25-26(21(29)27(20)18-8-9-18)13-19(28)24-11-10-14-2-1-3-17(23)12-14/h1-7,12,18H,8-11,13H2,(H,24,28). The van der Waals surface area contributed by atoms with Gasteiger partial charge in [0, 0.05) is 28.2 Å². The van der Waals surface area contributed by atoms with Gasteiger partial charge in [-0.3, -0.25) is 9.36 Å². The number of hydrogen-bond acceptors (Lipinski definition) is 3. The number of rotatable bonds is 7. The molecule has 150 valence electrons. The van der Waals surface area contributed by atoms with E-state index in [2.05, 4.69) is 10.4 Å². The molecule has 6 nitrogen and oxygen atoms in total. The summed E-state index contributed by atoms with van der Waals surface area (Å²) in [7, 11) is 0. The topological polar surface area (TPSA) is 68.9 Å². The lowest BCUT2D eigenvalue weighted by Crippen LogP contribution is -2.34. The third kappa shape index (κ3) is 4.71. The summed E-state index contributed by atoms with van der Waals surface area (Å²) in [5, 5.41) is 8.56. The van der Waals surface area contributed by atoms with Crippen molar-refractivity contribution in [1.29, 1.82) is 0 Å². The van der Waals surface area contributed by atoms with Crippen molar-refractivity contribution in [3.8, 4) is 11.4 Å². The monoisotopic (exact) mass is 430 g/mol. The zero-order valence-corrected chi connectivity index (χ0v) is 17.2. The fourth-order valence-electron chi connectivity index (χ4n) is 3.21. The van der Waals surface area contributed by atoms with Gasteiger partial charge >= 0.3 is 5.69 Å². The maximum Gasteiger partial charge on any atom is 0.346 e. The van der Waals surface area contributed by atoms with Gasteiger partial charge in [0.05, 0.1) is 0 Å². The molecule has 3 aromatic rings. The first-order chi connectivity index (χ1) is 14.0. The van der Waals surface area contributed by atoms with Gasteiger partial charge in [-0.1, -0.05) is 35.3 Å². The Kier molecular flexibility index (Phi) is 5.74. The summed E-state index contributed by atoms with van der Waals surface area (Å²) in [6, 6.07) is 14.9. The minimum Gasteiger partial charge on any atom is -0.354 e. The molecule has 0 spiro atoms. The van der Waals surface area contributed by atoms with Gasteiger partial charge in [0.2, 0.25) is 5.91 Å². The molecule has 4 rings (SSSR count). The van der Waals surface area contributed by atoms with Crippen molar-refractivity contribution in [2.75, 3.05) is 6.54 Å². The van der Waals surface area contributed by atoms with Crippen molar-refractivity contribution in [2.45, 2.75) is 31.8 Å². The van der Waals surface area contributed by atoms with Gasteiger partial charge in [0.25, 0.3) is 0 Å². The summed E-state index contributed by atoms with van der Waals surface area (Å²) in [5.74, 6) is 0.318. The van der Waals surface area contributed by atoms with Gasteiger partial charge in [0.1, 0.15) is 6.54 Å². The Balaban J connectivity index is 1.45. The average Bonchev–Trinajstić information content (AvgIpc) is 3.47. The molecule has 1 heterocycles. The summed E-state index contributed by atoms with van der Waals surface area (Å²) in [4.78, 5) is 25.2. The van der Waals surface area contributed by atoms with E-state index in [1.807, 2.05) is 36.4 Å². The first-order valence-electron chi connectivity index (χ1n) is 9.47. The number of hydrogen-bond donors (Lipinski definition) is 1. The number of amides is 1. The van der Waals surface area contributed by atoms with Crippen molar-refractivity contribution in [2.24, 2.45) is 0 Å². The van der Waals surface area contributed by atoms with Crippen LogP contribution in [0.2, 0.25) is 10.0 Å². The predicted octanol–water partition coefficient (Wildman–Crippen LogP) is 3.71. The van der Waals surface area contributed by atoms with E-state index in [0.29, 0.717) is 28.8 Å². The maximum absolute atomic E-state index is 12.8. The van der Waals surface area contributed by atoms with Gasteiger partial charge in [-0.2, -0.15) is 0 Å². The van der Waals surface area contributed by atoms with E-state index in [1.54, 1.807) is 16.7 Å². The molecule has 0 saturated heterocycles. The summed E-state index contributed by atoms with van der Waals surface area (Å²) >= 11 is 11.9. The zero-order chi connectivity index (χ0) is 20.4. The van der Waals surface area contributed by atoms with E-state index < -0.39 is 0 Å². The molecular formula is C21H20Cl2N4O2. The lowest BCUT2D eigenvalue weighted by atomic mass is 10.1. The molecule has 29 heavy (non-hydrogen) atoms. The molecule has 0 radical (unpaired) electrons. The molecule has 1 fully saturated rings. The summed E-state index contributed by atoms with van der Waals surface area (Å²) in [6.07, 6.45) is 2.55. The SMILES string of the molecule is O=C(Cn1nc(-c2ccc(Cl)cc2)n(C2CC2)c1=O)NCCc1cccc(Cl)c1. The maximum atomic E-state index is 12.8. The molecule has 1 aliphatic carbocycles. The van der Waals surface area contributed by atoms with Crippen LogP contribution in [-0.2, 0) is 17.8 Å². The minimum atomic E-state index is -0.262. The first-order valence-corrected chi connectivity index (χ1v) is 10.2. The van der Waals surface area contributed by atoms with Gasteiger partial charge in [0.15, 0.2) is 5.82 Å². The molecule has 8 heteroatoms. The van der Waals surface area contributed by atoms with Gasteiger partial charge in [-0.15, -0.1) is 5.10 Å². The van der Waals surface area contributed by atoms with Crippen LogP contribution in [0.15, 0.2) is 53.3 Å². The highest BCUT2D eigenvalue weighted by Crippen LogP contribution is 2.36. The van der Waals surface area contributed by atoms with Crippen molar-refractivity contribution in [3.05, 3.63) is 74.6 Å². The minimum absolute atomic E-state index is 0.116. The molecule has 1 N–H and O–H groups in total. The van der Waals surface area contributed by atoms with Crippen molar-refractivity contribution in [1.82, 2.24) is 19.7 Å². The number of nitrogens with one attached hydrogen (secondary N) is 1. The third-order valence-corrected chi connectivity index (χ3v) is 5.29. The van der Waals surface area contributed by atoms with E-state index in [-0.39, 0.29) is 24.2 Å². The van der Waals surface area contributed by atoms with Crippen LogP contribution in [0.3, 0.4) is 0 Å². The fourth-order valence-corrected chi connectivity index (χ4v) is 3.55. The lowest BCUT2D eigenvalue weighted by Gasteiger charge is -2.05. The van der Waals surface area contributed by atoms with Crippen LogP contribution in [0.4, 0.5) is 0 Å². The molecule has 1 saturated carbocycles. The van der Waals surface area contributed by atoms with Crippen LogP contribution in [0.25, 0.3) is 11.4 Å². The second-order valence-electron chi connectivity index (χ2n) is 7.10. The molecule has 0 bridgehead atoms. The van der Waals surface area contributed by atoms with Gasteiger partial charge < -0.3 is 5.32 Å². The molecule has 0 atom stereocenters. The first kappa shape index (κ1) is 19.7. The van der Waals surface area contributed by atoms with Crippen LogP contribution in [0, 0.1) is 0 Å². The Morgan fingerprint density at radius 1 is 1.10 bits per heavy atom. The lowest BCUT2D eigenvalue weighted by molar-refractivity contribution is -0.121. The Labute approximate surface area is 178 Å². The number of carbonyl (C=O) groups excluding carboxylic acids is 1. The Hall–Kier alpha value is -2.57. The van der Waals surface area contributed by atoms with E-state index in [4.69, 9.17) is 23.2 Å². The number of aromatic nitrogens is 3. The normalized spacial score (nSPS) is 13.4. The molecule has 2 aromatic carbocycles. The number of benzene rings is 2. The van der Waals surface area contributed by atoms with Gasteiger partial charge in [-0.05, 0) is 61.2 Å². The highest BCUT2D eigenvalue weighted by atomic mass is 35.5. The second kappa shape index (κ2) is 8.43. The molecule has 0 aliphatic heterocycles. The van der Waals surface area contributed by atoms with Crippen LogP contribution in [0.1, 0.15) is 24.4 Å². The highest BCUT2D eigenvalue weighted by molar-refractivity contribution is 6.30. The molecular weight excluding hydrogens is 411 g/mol. The van der Waals surface area contributed by atoms with E-state index in [0.717, 1.165) is 24.0 Å². The predicted molar refractivity (Wildman–Crippen MR) is 113 cm³/mol. The number of halogens is 2. The van der Waals surface area contributed by atoms with E-state index in [9.17, 15) is 9.59 Å². The number of carbonyl (C=O) groups is 1. The largest absolute Gasteiger partial charge is 0.354 e. The summed E-state index contributed by atoms with van der Waals surface area (Å²) < 4.78 is 2.92. The zero-order valence-electron chi connectivity index (χ0n) is 15.6. The third-order valence-electron chi connectivity index (χ3n) is 4.80. The molecule has 1 amide bonds. The van der Waals surface area contributed by atoms with E-state index >= 15 is 0 Å². The summed E-state index contributed by atoms with van der Waals surface area (Å²) in [6.45, 7) is 0.343. The van der Waals surface area contributed by atoms with E-state index in [1.165, 1.54) is 4.68 Å². The second-order valence-corrected chi connectivity index (χ2v) is 7.97. The Morgan fingerprint density at radius 2 is 1.86 bits per heavy atom. The average molecular weight is 431 g/mol. The van der Waals surface area contributed by atoms with Crippen LogP contribution < -0.4 is 11.0 Å². The van der Waals surface area contributed by atoms with Gasteiger partial charge in [-0.25, -0.2) is 9.48 Å². The van der Waals surface area contributed by atoms with Crippen molar-refractivity contribution < 1.29 is 4.79 Å². The van der Waals surface area contributed by atoms with Crippen molar-refractivity contribution >= 4 is 29.1 Å². The van der Waals surface area contributed by atoms with Crippen LogP contribution >= 0.6 is 23.2 Å². The molecule has 1 aliphatic rings. The number of nitrogens with zero attached hydrogens (tertiary/aromatic N) is 3. The highest BCUT2D eigenvalue weighted by Gasteiger charge is 2.30. The Bertz CT molecular complexity index is 1080. The van der Waals surface area contributed by atoms with Crippen molar-refractivity contribution in [3.63, 3.8) is 0 Å². The fraction of sp³-hybridized carbons (Fsp3) is 0.286.